The van der Waals surface area contributed by atoms with Crippen molar-refractivity contribution in [2.24, 2.45) is 4.99 Å². The molecule has 1 saturated heterocycles. The van der Waals surface area contributed by atoms with E-state index in [1.807, 2.05) is 0 Å². The summed E-state index contributed by atoms with van der Waals surface area (Å²) < 4.78 is 10.9. The van der Waals surface area contributed by atoms with Crippen LogP contribution in [0.15, 0.2) is 17.3 Å². The highest BCUT2D eigenvalue weighted by Gasteiger charge is 2.32. The second kappa shape index (κ2) is 5.33. The molecule has 0 saturated carbocycles. The molecule has 2 rings (SSSR count). The molecule has 0 N–H and O–H groups in total. The lowest BCUT2D eigenvalue weighted by Gasteiger charge is -2.27. The topological polar surface area (TPSA) is 65.0 Å². The molecule has 0 spiro atoms. The largest absolute Gasteiger partial charge is 0.353 e. The normalized spacial score (nSPS) is 29.0. The van der Waals surface area contributed by atoms with Gasteiger partial charge in [-0.1, -0.05) is 0 Å². The van der Waals surface area contributed by atoms with Crippen LogP contribution in [0.2, 0.25) is 0 Å². The van der Waals surface area contributed by atoms with Crippen molar-refractivity contribution < 1.29 is 19.1 Å². The lowest BCUT2D eigenvalue weighted by molar-refractivity contribution is -0.178. The fourth-order valence-corrected chi connectivity index (χ4v) is 1.86. The third kappa shape index (κ3) is 2.87. The van der Waals surface area contributed by atoms with Gasteiger partial charge in [0.25, 0.3) is 0 Å². The van der Waals surface area contributed by atoms with E-state index in [4.69, 9.17) is 9.47 Å². The number of ether oxygens (including phenoxy) is 2. The first-order valence-electron chi connectivity index (χ1n) is 5.74. The summed E-state index contributed by atoms with van der Waals surface area (Å²) >= 11 is 0. The molecule has 2 atom stereocenters. The maximum atomic E-state index is 11.7. The van der Waals surface area contributed by atoms with Crippen LogP contribution in [0.25, 0.3) is 0 Å². The zero-order chi connectivity index (χ0) is 12.3. The molecular formula is C12H15NO4. The van der Waals surface area contributed by atoms with E-state index in [1.165, 1.54) is 19.2 Å². The molecule has 2 unspecified atom stereocenters. The minimum atomic E-state index is -0.902. The molecule has 0 aromatic rings. The fourth-order valence-electron chi connectivity index (χ4n) is 1.86. The summed E-state index contributed by atoms with van der Waals surface area (Å²) in [5.74, 6) is -0.497. The first-order valence-corrected chi connectivity index (χ1v) is 5.74. The number of ketones is 2. The van der Waals surface area contributed by atoms with Gasteiger partial charge in [0, 0.05) is 25.8 Å². The highest BCUT2D eigenvalue weighted by molar-refractivity contribution is 6.45. The van der Waals surface area contributed by atoms with E-state index >= 15 is 0 Å². The van der Waals surface area contributed by atoms with Crippen molar-refractivity contribution in [3.8, 4) is 0 Å². The summed E-state index contributed by atoms with van der Waals surface area (Å²) in [7, 11) is 0. The van der Waals surface area contributed by atoms with E-state index in [0.29, 0.717) is 6.61 Å². The van der Waals surface area contributed by atoms with Crippen molar-refractivity contribution in [3.05, 3.63) is 12.3 Å². The van der Waals surface area contributed by atoms with Crippen LogP contribution in [-0.2, 0) is 19.1 Å². The van der Waals surface area contributed by atoms with Crippen LogP contribution in [0.1, 0.15) is 26.2 Å². The van der Waals surface area contributed by atoms with E-state index in [2.05, 4.69) is 4.99 Å². The standard InChI is InChI=1S/C12H15NO4/c1-8(14)11-12(9(15)5-6-13-11)17-10-4-2-3-7-16-10/h5-6,10,12H,2-4,7H2,1H3. The summed E-state index contributed by atoms with van der Waals surface area (Å²) in [5, 5.41) is 0. The second-order valence-corrected chi connectivity index (χ2v) is 4.10. The van der Waals surface area contributed by atoms with Gasteiger partial charge in [-0.25, -0.2) is 0 Å². The summed E-state index contributed by atoms with van der Waals surface area (Å²) in [5.41, 5.74) is 0.159. The van der Waals surface area contributed by atoms with Crippen molar-refractivity contribution in [1.82, 2.24) is 0 Å². The fraction of sp³-hybridized carbons (Fsp3) is 0.583. The van der Waals surface area contributed by atoms with Gasteiger partial charge in [-0.2, -0.15) is 0 Å². The van der Waals surface area contributed by atoms with Crippen molar-refractivity contribution in [3.63, 3.8) is 0 Å². The molecule has 1 fully saturated rings. The molecule has 0 aromatic heterocycles. The van der Waals surface area contributed by atoms with Crippen LogP contribution in [0, 0.1) is 0 Å². The second-order valence-electron chi connectivity index (χ2n) is 4.10. The van der Waals surface area contributed by atoms with E-state index < -0.39 is 12.4 Å². The molecule has 5 nitrogen and oxygen atoms in total. The van der Waals surface area contributed by atoms with E-state index in [-0.39, 0.29) is 17.3 Å². The van der Waals surface area contributed by atoms with Crippen molar-refractivity contribution in [2.45, 2.75) is 38.6 Å². The van der Waals surface area contributed by atoms with E-state index in [0.717, 1.165) is 19.3 Å². The van der Waals surface area contributed by atoms with Gasteiger partial charge < -0.3 is 9.47 Å². The molecule has 0 aromatic carbocycles. The van der Waals surface area contributed by atoms with E-state index in [9.17, 15) is 9.59 Å². The van der Waals surface area contributed by atoms with Crippen LogP contribution in [0.4, 0.5) is 0 Å². The highest BCUT2D eigenvalue weighted by atomic mass is 16.7. The van der Waals surface area contributed by atoms with Gasteiger partial charge in [0.05, 0.1) is 0 Å². The Bertz CT molecular complexity index is 380. The number of carbonyl (C=O) groups excluding carboxylic acids is 2. The Morgan fingerprint density at radius 1 is 1.53 bits per heavy atom. The van der Waals surface area contributed by atoms with Crippen molar-refractivity contribution >= 4 is 17.3 Å². The quantitative estimate of drug-likeness (QED) is 0.735. The third-order valence-corrected chi connectivity index (χ3v) is 2.75. The molecule has 92 valence electrons. The minimum Gasteiger partial charge on any atom is -0.353 e. The lowest BCUT2D eigenvalue weighted by Crippen LogP contribution is -2.41. The molecule has 17 heavy (non-hydrogen) atoms. The molecule has 0 aliphatic carbocycles. The van der Waals surface area contributed by atoms with Gasteiger partial charge in [0.2, 0.25) is 0 Å². The third-order valence-electron chi connectivity index (χ3n) is 2.75. The molecule has 2 heterocycles. The Kier molecular flexibility index (Phi) is 3.81. The Morgan fingerprint density at radius 3 is 3.00 bits per heavy atom. The molecule has 0 bridgehead atoms. The monoisotopic (exact) mass is 237 g/mol. The van der Waals surface area contributed by atoms with Crippen LogP contribution in [0.3, 0.4) is 0 Å². The van der Waals surface area contributed by atoms with Gasteiger partial charge in [-0.3, -0.25) is 14.6 Å². The first kappa shape index (κ1) is 12.1. The Labute approximate surface area is 99.5 Å². The number of carbonyl (C=O) groups is 2. The van der Waals surface area contributed by atoms with Gasteiger partial charge in [0.1, 0.15) is 5.71 Å². The molecular weight excluding hydrogens is 222 g/mol. The van der Waals surface area contributed by atoms with Gasteiger partial charge >= 0.3 is 0 Å². The average Bonchev–Trinajstić information content (AvgIpc) is 2.33. The number of hydrogen-bond acceptors (Lipinski definition) is 5. The SMILES string of the molecule is CC(=O)C1=NC=CC(=O)C1OC1CCCCO1. The summed E-state index contributed by atoms with van der Waals surface area (Å²) in [6.07, 6.45) is 4.11. The first-order chi connectivity index (χ1) is 8.18. The molecule has 5 heteroatoms. The molecule has 2 aliphatic heterocycles. The average molecular weight is 237 g/mol. The Morgan fingerprint density at radius 2 is 2.35 bits per heavy atom. The van der Waals surface area contributed by atoms with Gasteiger partial charge in [-0.15, -0.1) is 0 Å². The predicted molar refractivity (Wildman–Crippen MR) is 60.7 cm³/mol. The number of aliphatic imine (C=N–C) groups is 1. The summed E-state index contributed by atoms with van der Waals surface area (Å²) in [6, 6.07) is 0. The van der Waals surface area contributed by atoms with Gasteiger partial charge in [-0.05, 0) is 19.3 Å². The Balaban J connectivity index is 2.06. The summed E-state index contributed by atoms with van der Waals surface area (Å²) in [6.45, 7) is 2.01. The summed E-state index contributed by atoms with van der Waals surface area (Å²) in [4.78, 5) is 27.0. The molecule has 0 amide bonds. The molecule has 2 aliphatic rings. The maximum absolute atomic E-state index is 11.7. The van der Waals surface area contributed by atoms with Crippen LogP contribution in [0.5, 0.6) is 0 Å². The smallest absolute Gasteiger partial charge is 0.192 e. The van der Waals surface area contributed by atoms with Gasteiger partial charge in [0.15, 0.2) is 24.0 Å². The van der Waals surface area contributed by atoms with Crippen LogP contribution < -0.4 is 0 Å². The van der Waals surface area contributed by atoms with Crippen molar-refractivity contribution in [1.29, 1.82) is 0 Å². The minimum absolute atomic E-state index is 0.159. The van der Waals surface area contributed by atoms with Crippen molar-refractivity contribution in [2.75, 3.05) is 6.61 Å². The zero-order valence-electron chi connectivity index (χ0n) is 9.72. The Hall–Kier alpha value is -1.33. The number of hydrogen-bond donors (Lipinski definition) is 0. The highest BCUT2D eigenvalue weighted by Crippen LogP contribution is 2.18. The van der Waals surface area contributed by atoms with Crippen LogP contribution in [-0.4, -0.2) is 36.3 Å². The van der Waals surface area contributed by atoms with E-state index in [1.54, 1.807) is 0 Å². The number of rotatable bonds is 3. The zero-order valence-corrected chi connectivity index (χ0v) is 9.72. The predicted octanol–water partition coefficient (Wildman–Crippen LogP) is 1.02. The number of Topliss-reactive ketones (excluding diaryl/α,β-unsaturated/α-hetero) is 1. The van der Waals surface area contributed by atoms with Crippen LogP contribution >= 0.6 is 0 Å². The molecule has 0 radical (unpaired) electrons. The number of nitrogens with zero attached hydrogens (tertiary/aromatic N) is 1. The lowest BCUT2D eigenvalue weighted by atomic mass is 10.0. The maximum Gasteiger partial charge on any atom is 0.192 e.